The highest BCUT2D eigenvalue weighted by atomic mass is 35.5. The summed E-state index contributed by atoms with van der Waals surface area (Å²) >= 11 is 6.12. The Bertz CT molecular complexity index is 1530. The molecule has 2 aliphatic heterocycles. The van der Waals surface area contributed by atoms with Crippen LogP contribution in [0.5, 0.6) is 5.75 Å². The molecule has 3 heterocycles. The molecular formula is C32H31ClF4N4O4. The predicted octanol–water partition coefficient (Wildman–Crippen LogP) is 6.26. The lowest BCUT2D eigenvalue weighted by Gasteiger charge is -2.33. The van der Waals surface area contributed by atoms with E-state index in [9.17, 15) is 31.9 Å². The van der Waals surface area contributed by atoms with Crippen LogP contribution in [0.15, 0.2) is 66.9 Å². The third-order valence-corrected chi connectivity index (χ3v) is 8.60. The lowest BCUT2D eigenvalue weighted by Crippen LogP contribution is -2.47. The average molecular weight is 647 g/mol. The number of para-hydroxylation sites is 1. The van der Waals surface area contributed by atoms with Gasteiger partial charge in [0.05, 0.1) is 11.6 Å². The third-order valence-electron chi connectivity index (χ3n) is 8.35. The molecule has 2 fully saturated rings. The van der Waals surface area contributed by atoms with Crippen molar-refractivity contribution < 1.29 is 36.7 Å². The Kier molecular flexibility index (Phi) is 9.62. The first-order chi connectivity index (χ1) is 21.5. The highest BCUT2D eigenvalue weighted by molar-refractivity contribution is 6.30. The number of piperidine rings is 1. The van der Waals surface area contributed by atoms with E-state index in [2.05, 4.69) is 4.98 Å². The fraction of sp³-hybridized carbons (Fsp3) is 0.375. The molecule has 0 aliphatic carbocycles. The van der Waals surface area contributed by atoms with E-state index in [1.54, 1.807) is 30.0 Å². The maximum absolute atomic E-state index is 14.3. The second kappa shape index (κ2) is 13.4. The summed E-state index contributed by atoms with van der Waals surface area (Å²) in [6.45, 7) is 3.06. The minimum absolute atomic E-state index is 0.0945. The number of pyridine rings is 1. The lowest BCUT2D eigenvalue weighted by atomic mass is 9.93. The molecule has 1 aromatic heterocycles. The molecule has 3 aromatic rings. The number of carbonyl (C=O) groups is 3. The van der Waals surface area contributed by atoms with Crippen LogP contribution in [0.1, 0.15) is 47.3 Å². The third kappa shape index (κ3) is 7.22. The molecule has 3 amide bonds. The van der Waals surface area contributed by atoms with E-state index < -0.39 is 35.6 Å². The van der Waals surface area contributed by atoms with Crippen LogP contribution in [0, 0.1) is 11.7 Å². The molecule has 0 radical (unpaired) electrons. The molecule has 238 valence electrons. The quantitative estimate of drug-likeness (QED) is 0.295. The van der Waals surface area contributed by atoms with Gasteiger partial charge in [-0.05, 0) is 61.7 Å². The van der Waals surface area contributed by atoms with Crippen molar-refractivity contribution >= 4 is 29.5 Å². The van der Waals surface area contributed by atoms with E-state index in [-0.39, 0.29) is 55.4 Å². The van der Waals surface area contributed by atoms with E-state index in [1.807, 2.05) is 12.1 Å². The van der Waals surface area contributed by atoms with E-state index in [0.29, 0.717) is 30.6 Å². The van der Waals surface area contributed by atoms with Crippen LogP contribution < -0.4 is 4.74 Å². The highest BCUT2D eigenvalue weighted by Crippen LogP contribution is 2.35. The molecular weight excluding hydrogens is 616 g/mol. The number of halogens is 5. The molecule has 0 N–H and O–H groups in total. The van der Waals surface area contributed by atoms with Crippen molar-refractivity contribution in [1.82, 2.24) is 19.7 Å². The molecule has 0 bridgehead atoms. The van der Waals surface area contributed by atoms with Gasteiger partial charge in [-0.2, -0.15) is 13.2 Å². The number of carbonyl (C=O) groups excluding carboxylic acids is 3. The van der Waals surface area contributed by atoms with Gasteiger partial charge in [-0.3, -0.25) is 14.6 Å². The Morgan fingerprint density at radius 1 is 0.978 bits per heavy atom. The standard InChI is InChI=1S/C32H31ClF4N4O4/c1-2-41(31(44)45-28-6-4-3-5-25(28)34)27-19-40(18-24(27)20-7-10-23(33)11-8-20)29(42)21-13-15-39(16-14-21)30(43)26-12-9-22(17-38-26)32(35,36)37/h3-12,17,21,24,27H,2,13-16,18-19H2,1H3. The van der Waals surface area contributed by atoms with Crippen molar-refractivity contribution in [3.63, 3.8) is 0 Å². The van der Waals surface area contributed by atoms with E-state index >= 15 is 0 Å². The Morgan fingerprint density at radius 2 is 1.67 bits per heavy atom. The highest BCUT2D eigenvalue weighted by Gasteiger charge is 2.43. The number of ether oxygens (including phenoxy) is 1. The number of nitrogens with zero attached hydrogens (tertiary/aromatic N) is 4. The molecule has 2 unspecified atom stereocenters. The van der Waals surface area contributed by atoms with Gasteiger partial charge < -0.3 is 19.4 Å². The summed E-state index contributed by atoms with van der Waals surface area (Å²) in [6, 6.07) is 14.2. The van der Waals surface area contributed by atoms with Crippen LogP contribution in [0.4, 0.5) is 22.4 Å². The zero-order chi connectivity index (χ0) is 32.3. The minimum atomic E-state index is -4.55. The number of amides is 3. The second-order valence-corrected chi connectivity index (χ2v) is 11.5. The molecule has 8 nitrogen and oxygen atoms in total. The predicted molar refractivity (Wildman–Crippen MR) is 157 cm³/mol. The van der Waals surface area contributed by atoms with Crippen molar-refractivity contribution in [1.29, 1.82) is 0 Å². The maximum Gasteiger partial charge on any atom is 0.417 e. The van der Waals surface area contributed by atoms with Crippen molar-refractivity contribution in [2.45, 2.75) is 37.9 Å². The van der Waals surface area contributed by atoms with Gasteiger partial charge in [0.1, 0.15) is 5.69 Å². The Labute approximate surface area is 262 Å². The number of benzene rings is 2. The summed E-state index contributed by atoms with van der Waals surface area (Å²) in [4.78, 5) is 48.3. The molecule has 13 heteroatoms. The van der Waals surface area contributed by atoms with Crippen molar-refractivity contribution in [3.8, 4) is 5.75 Å². The first kappa shape index (κ1) is 32.2. The van der Waals surface area contributed by atoms with Crippen LogP contribution in [0.3, 0.4) is 0 Å². The minimum Gasteiger partial charge on any atom is -0.407 e. The number of alkyl halides is 3. The van der Waals surface area contributed by atoms with Crippen LogP contribution in [0.25, 0.3) is 0 Å². The largest absolute Gasteiger partial charge is 0.417 e. The molecule has 0 spiro atoms. The summed E-state index contributed by atoms with van der Waals surface area (Å²) in [7, 11) is 0. The normalized spacial score (nSPS) is 19.0. The first-order valence-corrected chi connectivity index (χ1v) is 14.9. The van der Waals surface area contributed by atoms with Gasteiger partial charge in [-0.25, -0.2) is 9.18 Å². The number of likely N-dealkylation sites (tertiary alicyclic amines) is 2. The summed E-state index contributed by atoms with van der Waals surface area (Å²) < 4.78 is 58.3. The number of aromatic nitrogens is 1. The zero-order valence-corrected chi connectivity index (χ0v) is 25.1. The smallest absolute Gasteiger partial charge is 0.407 e. The van der Waals surface area contributed by atoms with Gasteiger partial charge in [-0.1, -0.05) is 35.9 Å². The lowest BCUT2D eigenvalue weighted by molar-refractivity contribution is -0.138. The number of hydrogen-bond donors (Lipinski definition) is 0. The van der Waals surface area contributed by atoms with E-state index in [1.165, 1.54) is 28.0 Å². The van der Waals surface area contributed by atoms with Crippen LogP contribution in [-0.2, 0) is 11.0 Å². The number of hydrogen-bond acceptors (Lipinski definition) is 5. The summed E-state index contributed by atoms with van der Waals surface area (Å²) in [5.41, 5.74) is -0.157. The van der Waals surface area contributed by atoms with E-state index in [4.69, 9.17) is 16.3 Å². The Hall–Kier alpha value is -4.19. The topological polar surface area (TPSA) is 83.0 Å². The Morgan fingerprint density at radius 3 is 2.27 bits per heavy atom. The van der Waals surface area contributed by atoms with E-state index in [0.717, 1.165) is 17.7 Å². The molecule has 2 saturated heterocycles. The molecule has 2 atom stereocenters. The fourth-order valence-corrected chi connectivity index (χ4v) is 6.06. The van der Waals surface area contributed by atoms with Gasteiger partial charge in [-0.15, -0.1) is 0 Å². The maximum atomic E-state index is 14.3. The fourth-order valence-electron chi connectivity index (χ4n) is 5.94. The molecule has 2 aliphatic rings. The van der Waals surface area contributed by atoms with Gasteiger partial charge >= 0.3 is 12.3 Å². The number of likely N-dealkylation sites (N-methyl/N-ethyl adjacent to an activating group) is 1. The second-order valence-electron chi connectivity index (χ2n) is 11.0. The van der Waals surface area contributed by atoms with Crippen molar-refractivity contribution in [2.24, 2.45) is 5.92 Å². The van der Waals surface area contributed by atoms with Crippen LogP contribution in [-0.4, -0.2) is 76.4 Å². The van der Waals surface area contributed by atoms with Crippen molar-refractivity contribution in [2.75, 3.05) is 32.7 Å². The molecule has 45 heavy (non-hydrogen) atoms. The van der Waals surface area contributed by atoms with Gasteiger partial charge in [0, 0.05) is 55.8 Å². The molecule has 5 rings (SSSR count). The van der Waals surface area contributed by atoms with Gasteiger partial charge in [0.15, 0.2) is 11.6 Å². The Balaban J connectivity index is 1.27. The summed E-state index contributed by atoms with van der Waals surface area (Å²) in [6.07, 6.45) is -3.92. The molecule has 2 aromatic carbocycles. The van der Waals surface area contributed by atoms with Gasteiger partial charge in [0.25, 0.3) is 5.91 Å². The van der Waals surface area contributed by atoms with Crippen LogP contribution in [0.2, 0.25) is 5.02 Å². The van der Waals surface area contributed by atoms with Crippen molar-refractivity contribution in [3.05, 3.63) is 94.5 Å². The summed E-state index contributed by atoms with van der Waals surface area (Å²) in [5, 5.41) is 0.542. The zero-order valence-electron chi connectivity index (χ0n) is 24.3. The average Bonchev–Trinajstić information content (AvgIpc) is 3.47. The number of rotatable bonds is 6. The van der Waals surface area contributed by atoms with Crippen LogP contribution >= 0.6 is 11.6 Å². The monoisotopic (exact) mass is 646 g/mol. The first-order valence-electron chi connectivity index (χ1n) is 14.6. The van der Waals surface area contributed by atoms with Gasteiger partial charge in [0.2, 0.25) is 5.91 Å². The summed E-state index contributed by atoms with van der Waals surface area (Å²) in [5.74, 6) is -2.13. The molecule has 0 saturated carbocycles. The SMILES string of the molecule is CCN(C(=O)Oc1ccccc1F)C1CN(C(=O)C2CCN(C(=O)c3ccc(C(F)(F)F)cn3)CC2)CC1c1ccc(Cl)cc1.